The SMILES string of the molecule is Cc1cc(C(=O)NCc2nc(C(C)C)cs2)ns1. The number of thiazole rings is 1. The molecule has 6 heteroatoms. The average Bonchev–Trinajstić information content (AvgIpc) is 2.94. The topological polar surface area (TPSA) is 54.9 Å². The first-order chi connectivity index (χ1) is 8.56. The predicted molar refractivity (Wildman–Crippen MR) is 74.2 cm³/mol. The molecule has 0 unspecified atom stereocenters. The van der Waals surface area contributed by atoms with Gasteiger partial charge in [-0.1, -0.05) is 13.8 Å². The molecule has 96 valence electrons. The van der Waals surface area contributed by atoms with Crippen LogP contribution in [0.3, 0.4) is 0 Å². The van der Waals surface area contributed by atoms with Gasteiger partial charge in [0.05, 0.1) is 12.2 Å². The van der Waals surface area contributed by atoms with Crippen LogP contribution in [0.1, 0.15) is 45.8 Å². The van der Waals surface area contributed by atoms with Gasteiger partial charge in [-0.15, -0.1) is 11.3 Å². The first-order valence-electron chi connectivity index (χ1n) is 5.72. The Labute approximate surface area is 114 Å². The van der Waals surface area contributed by atoms with E-state index in [4.69, 9.17) is 0 Å². The minimum absolute atomic E-state index is 0.138. The molecule has 0 aliphatic rings. The second kappa shape index (κ2) is 5.58. The molecule has 2 rings (SSSR count). The minimum atomic E-state index is -0.138. The maximum atomic E-state index is 11.8. The molecule has 2 heterocycles. The highest BCUT2D eigenvalue weighted by Crippen LogP contribution is 2.17. The van der Waals surface area contributed by atoms with Crippen molar-refractivity contribution in [2.75, 3.05) is 0 Å². The molecule has 0 spiro atoms. The van der Waals surface area contributed by atoms with E-state index in [2.05, 4.69) is 28.5 Å². The van der Waals surface area contributed by atoms with Crippen LogP contribution in [0.2, 0.25) is 0 Å². The van der Waals surface area contributed by atoms with Gasteiger partial charge < -0.3 is 5.32 Å². The van der Waals surface area contributed by atoms with Crippen LogP contribution < -0.4 is 5.32 Å². The number of aromatic nitrogens is 2. The van der Waals surface area contributed by atoms with Crippen LogP contribution in [0.5, 0.6) is 0 Å². The number of carbonyl (C=O) groups is 1. The van der Waals surface area contributed by atoms with E-state index in [9.17, 15) is 4.79 Å². The maximum absolute atomic E-state index is 11.8. The van der Waals surface area contributed by atoms with E-state index in [1.54, 1.807) is 17.4 Å². The lowest BCUT2D eigenvalue weighted by molar-refractivity contribution is 0.0947. The highest BCUT2D eigenvalue weighted by molar-refractivity contribution is 7.09. The first kappa shape index (κ1) is 13.2. The van der Waals surface area contributed by atoms with E-state index < -0.39 is 0 Å². The van der Waals surface area contributed by atoms with Crippen LogP contribution >= 0.6 is 22.9 Å². The number of nitrogens with one attached hydrogen (secondary N) is 1. The third kappa shape index (κ3) is 3.14. The number of hydrogen-bond acceptors (Lipinski definition) is 5. The Morgan fingerprint density at radius 1 is 1.50 bits per heavy atom. The summed E-state index contributed by atoms with van der Waals surface area (Å²) in [7, 11) is 0. The van der Waals surface area contributed by atoms with Gasteiger partial charge in [0.1, 0.15) is 10.7 Å². The molecule has 0 bridgehead atoms. The highest BCUT2D eigenvalue weighted by Gasteiger charge is 2.10. The lowest BCUT2D eigenvalue weighted by Gasteiger charge is -2.00. The van der Waals surface area contributed by atoms with E-state index in [-0.39, 0.29) is 5.91 Å². The van der Waals surface area contributed by atoms with Crippen molar-refractivity contribution in [3.63, 3.8) is 0 Å². The molecular weight excluding hydrogens is 266 g/mol. The van der Waals surface area contributed by atoms with Gasteiger partial charge >= 0.3 is 0 Å². The zero-order valence-electron chi connectivity index (χ0n) is 10.6. The summed E-state index contributed by atoms with van der Waals surface area (Å²) in [6.07, 6.45) is 0. The van der Waals surface area contributed by atoms with E-state index in [1.807, 2.05) is 12.3 Å². The molecule has 2 aromatic heterocycles. The normalized spacial score (nSPS) is 10.9. The predicted octanol–water partition coefficient (Wildman–Crippen LogP) is 2.96. The summed E-state index contributed by atoms with van der Waals surface area (Å²) < 4.78 is 4.07. The van der Waals surface area contributed by atoms with Crippen molar-refractivity contribution in [2.45, 2.75) is 33.2 Å². The molecule has 18 heavy (non-hydrogen) atoms. The van der Waals surface area contributed by atoms with Crippen molar-refractivity contribution in [3.8, 4) is 0 Å². The highest BCUT2D eigenvalue weighted by atomic mass is 32.1. The van der Waals surface area contributed by atoms with Crippen molar-refractivity contribution in [1.82, 2.24) is 14.7 Å². The second-order valence-corrected chi connectivity index (χ2v) is 6.28. The molecule has 0 aliphatic heterocycles. The average molecular weight is 281 g/mol. The monoisotopic (exact) mass is 281 g/mol. The van der Waals surface area contributed by atoms with Gasteiger partial charge in [0.25, 0.3) is 5.91 Å². The summed E-state index contributed by atoms with van der Waals surface area (Å²) in [6, 6.07) is 1.79. The zero-order chi connectivity index (χ0) is 13.1. The number of aryl methyl sites for hydroxylation is 1. The summed E-state index contributed by atoms with van der Waals surface area (Å²) in [6.45, 7) is 6.61. The molecule has 0 radical (unpaired) electrons. The van der Waals surface area contributed by atoms with Crippen molar-refractivity contribution in [1.29, 1.82) is 0 Å². The molecule has 0 atom stereocenters. The van der Waals surface area contributed by atoms with E-state index in [1.165, 1.54) is 11.5 Å². The number of amides is 1. The quantitative estimate of drug-likeness (QED) is 0.937. The van der Waals surface area contributed by atoms with Crippen LogP contribution in [0.15, 0.2) is 11.4 Å². The Kier molecular flexibility index (Phi) is 4.08. The summed E-state index contributed by atoms with van der Waals surface area (Å²) >= 11 is 2.92. The van der Waals surface area contributed by atoms with Gasteiger partial charge in [-0.2, -0.15) is 4.37 Å². The minimum Gasteiger partial charge on any atom is -0.344 e. The lowest BCUT2D eigenvalue weighted by Crippen LogP contribution is -2.22. The van der Waals surface area contributed by atoms with Crippen LogP contribution in [0, 0.1) is 6.92 Å². The fourth-order valence-corrected chi connectivity index (χ4v) is 2.83. The molecule has 0 aromatic carbocycles. The van der Waals surface area contributed by atoms with Crippen LogP contribution in [0.4, 0.5) is 0 Å². The summed E-state index contributed by atoms with van der Waals surface area (Å²) in [4.78, 5) is 17.3. The first-order valence-corrected chi connectivity index (χ1v) is 7.37. The smallest absolute Gasteiger partial charge is 0.271 e. The third-order valence-electron chi connectivity index (χ3n) is 2.42. The summed E-state index contributed by atoms with van der Waals surface area (Å²) in [5.41, 5.74) is 1.56. The van der Waals surface area contributed by atoms with Crippen molar-refractivity contribution in [2.24, 2.45) is 0 Å². The van der Waals surface area contributed by atoms with E-state index >= 15 is 0 Å². The number of carbonyl (C=O) groups excluding carboxylic acids is 1. The van der Waals surface area contributed by atoms with Gasteiger partial charge in [0, 0.05) is 10.3 Å². The lowest BCUT2D eigenvalue weighted by atomic mass is 10.2. The van der Waals surface area contributed by atoms with E-state index in [0.717, 1.165) is 15.6 Å². The zero-order valence-corrected chi connectivity index (χ0v) is 12.2. The van der Waals surface area contributed by atoms with E-state index in [0.29, 0.717) is 18.2 Å². The molecule has 1 amide bonds. The van der Waals surface area contributed by atoms with Crippen molar-refractivity contribution < 1.29 is 4.79 Å². The Morgan fingerprint density at radius 2 is 2.28 bits per heavy atom. The number of hydrogen-bond donors (Lipinski definition) is 1. The van der Waals surface area contributed by atoms with Gasteiger partial charge in [-0.25, -0.2) is 4.98 Å². The molecule has 4 nitrogen and oxygen atoms in total. The fraction of sp³-hybridized carbons (Fsp3) is 0.417. The summed E-state index contributed by atoms with van der Waals surface area (Å²) in [5.74, 6) is 0.285. The van der Waals surface area contributed by atoms with Crippen molar-refractivity contribution >= 4 is 28.8 Å². The Bertz CT molecular complexity index is 545. The van der Waals surface area contributed by atoms with Crippen LogP contribution in [-0.2, 0) is 6.54 Å². The Hall–Kier alpha value is -1.27. The fourth-order valence-electron chi connectivity index (χ4n) is 1.39. The molecular formula is C12H15N3OS2. The molecule has 0 aliphatic carbocycles. The molecule has 0 fully saturated rings. The molecule has 1 N–H and O–H groups in total. The molecule has 0 saturated heterocycles. The van der Waals surface area contributed by atoms with Gasteiger partial charge in [0.15, 0.2) is 0 Å². The number of rotatable bonds is 4. The second-order valence-electron chi connectivity index (χ2n) is 4.33. The van der Waals surface area contributed by atoms with Gasteiger partial charge in [-0.3, -0.25) is 4.79 Å². The van der Waals surface area contributed by atoms with Gasteiger partial charge in [-0.05, 0) is 30.4 Å². The van der Waals surface area contributed by atoms with Crippen molar-refractivity contribution in [3.05, 3.63) is 32.7 Å². The molecule has 0 saturated carbocycles. The Morgan fingerprint density at radius 3 is 2.83 bits per heavy atom. The van der Waals surface area contributed by atoms with Crippen LogP contribution in [0.25, 0.3) is 0 Å². The largest absolute Gasteiger partial charge is 0.344 e. The van der Waals surface area contributed by atoms with Crippen LogP contribution in [-0.4, -0.2) is 15.3 Å². The molecule has 2 aromatic rings. The Balaban J connectivity index is 1.93. The summed E-state index contributed by atoms with van der Waals surface area (Å²) in [5, 5.41) is 5.80. The maximum Gasteiger partial charge on any atom is 0.271 e. The van der Waals surface area contributed by atoms with Gasteiger partial charge in [0.2, 0.25) is 0 Å². The number of nitrogens with zero attached hydrogens (tertiary/aromatic N) is 2. The standard InChI is InChI=1S/C12H15N3OS2/c1-7(2)10-6-17-11(14-10)5-13-12(16)9-4-8(3)18-15-9/h4,6-7H,5H2,1-3H3,(H,13,16). The third-order valence-corrected chi connectivity index (χ3v) is 3.98.